The molecule has 0 aromatic heterocycles. The maximum absolute atomic E-state index is 13.2. The number of hydrogen-bond donors (Lipinski definition) is 2. The molecule has 3 N–H and O–H groups in total. The Balaban J connectivity index is 2.29. The van der Waals surface area contributed by atoms with Crippen LogP contribution in [0.25, 0.3) is 0 Å². The molecule has 0 fully saturated rings. The normalized spacial score (nSPS) is 26.8. The molecule has 0 aromatic carbocycles. The van der Waals surface area contributed by atoms with Crippen LogP contribution in [0.4, 0.5) is 4.39 Å². The molecule has 1 aliphatic heterocycles. The number of hydrogen-bond acceptors (Lipinski definition) is 4. The monoisotopic (exact) mass is 253 g/mol. The van der Waals surface area contributed by atoms with Crippen molar-refractivity contribution in [1.82, 2.24) is 5.01 Å². The summed E-state index contributed by atoms with van der Waals surface area (Å²) in [4.78, 5) is 11.3. The lowest BCUT2D eigenvalue weighted by Gasteiger charge is -2.30. The van der Waals surface area contributed by atoms with Crippen LogP contribution in [-0.4, -0.2) is 39.9 Å². The van der Waals surface area contributed by atoms with Crippen molar-refractivity contribution in [3.8, 4) is 0 Å². The van der Waals surface area contributed by atoms with Gasteiger partial charge in [0, 0.05) is 0 Å². The van der Waals surface area contributed by atoms with E-state index in [1.807, 2.05) is 0 Å². The molecule has 0 saturated heterocycles. The number of primary amides is 1. The Labute approximate surface area is 104 Å². The first-order valence-electron chi connectivity index (χ1n) is 5.71. The SMILES string of the molecule is CC(C)(O)CN1N=C(C(N)=O)C2C=C(F)C=CC21. The molecule has 18 heavy (non-hydrogen) atoms. The van der Waals surface area contributed by atoms with Crippen LogP contribution in [0.2, 0.25) is 0 Å². The molecule has 1 amide bonds. The fraction of sp³-hybridized carbons (Fsp3) is 0.500. The molecule has 0 aromatic rings. The first kappa shape index (κ1) is 12.8. The van der Waals surface area contributed by atoms with Crippen molar-refractivity contribution in [1.29, 1.82) is 0 Å². The van der Waals surface area contributed by atoms with Gasteiger partial charge in [0.05, 0.1) is 24.1 Å². The quantitative estimate of drug-likeness (QED) is 0.760. The molecule has 1 heterocycles. The maximum atomic E-state index is 13.2. The Morgan fingerprint density at radius 1 is 1.67 bits per heavy atom. The minimum Gasteiger partial charge on any atom is -0.389 e. The molecule has 2 aliphatic rings. The Kier molecular flexibility index (Phi) is 2.98. The molecular formula is C12H16FN3O2. The summed E-state index contributed by atoms with van der Waals surface area (Å²) >= 11 is 0. The van der Waals surface area contributed by atoms with Crippen LogP contribution in [0.1, 0.15) is 13.8 Å². The summed E-state index contributed by atoms with van der Waals surface area (Å²) in [5.41, 5.74) is 4.41. The fourth-order valence-electron chi connectivity index (χ4n) is 2.18. The third-order valence-corrected chi connectivity index (χ3v) is 2.86. The van der Waals surface area contributed by atoms with Crippen molar-refractivity contribution in [3.63, 3.8) is 0 Å². The third kappa shape index (κ3) is 2.43. The zero-order chi connectivity index (χ0) is 13.5. The number of aliphatic hydroxyl groups is 1. The largest absolute Gasteiger partial charge is 0.389 e. The van der Waals surface area contributed by atoms with Crippen molar-refractivity contribution in [2.45, 2.75) is 25.5 Å². The number of hydrazone groups is 1. The van der Waals surface area contributed by atoms with E-state index in [1.54, 1.807) is 24.9 Å². The molecule has 0 bridgehead atoms. The number of nitrogens with two attached hydrogens (primary N) is 1. The molecule has 2 unspecified atom stereocenters. The first-order chi connectivity index (χ1) is 8.28. The topological polar surface area (TPSA) is 78.9 Å². The van der Waals surface area contributed by atoms with E-state index in [0.717, 1.165) is 0 Å². The Hall–Kier alpha value is -1.69. The number of allylic oxidation sites excluding steroid dienone is 2. The number of halogens is 1. The number of fused-ring (bicyclic) bond motifs is 1. The number of amides is 1. The van der Waals surface area contributed by atoms with Crippen molar-refractivity contribution in [2.75, 3.05) is 6.54 Å². The van der Waals surface area contributed by atoms with Crippen molar-refractivity contribution < 1.29 is 14.3 Å². The van der Waals surface area contributed by atoms with Gasteiger partial charge in [0.1, 0.15) is 11.5 Å². The van der Waals surface area contributed by atoms with Crippen LogP contribution >= 0.6 is 0 Å². The van der Waals surface area contributed by atoms with Gasteiger partial charge < -0.3 is 10.8 Å². The van der Waals surface area contributed by atoms with Crippen LogP contribution in [-0.2, 0) is 4.79 Å². The lowest BCUT2D eigenvalue weighted by molar-refractivity contribution is -0.112. The summed E-state index contributed by atoms with van der Waals surface area (Å²) in [6.45, 7) is 3.52. The molecule has 5 nitrogen and oxygen atoms in total. The van der Waals surface area contributed by atoms with Gasteiger partial charge in [0.15, 0.2) is 0 Å². The minimum atomic E-state index is -0.964. The van der Waals surface area contributed by atoms with Crippen LogP contribution in [0.15, 0.2) is 29.2 Å². The van der Waals surface area contributed by atoms with Crippen LogP contribution in [0, 0.1) is 5.92 Å². The van der Waals surface area contributed by atoms with Crippen LogP contribution in [0.3, 0.4) is 0 Å². The van der Waals surface area contributed by atoms with Crippen molar-refractivity contribution >= 4 is 11.6 Å². The predicted octanol–water partition coefficient (Wildman–Crippen LogP) is 0.322. The van der Waals surface area contributed by atoms with Gasteiger partial charge in [-0.1, -0.05) is 6.08 Å². The highest BCUT2D eigenvalue weighted by atomic mass is 19.1. The van der Waals surface area contributed by atoms with Gasteiger partial charge >= 0.3 is 0 Å². The number of rotatable bonds is 3. The van der Waals surface area contributed by atoms with Crippen molar-refractivity contribution in [3.05, 3.63) is 24.1 Å². The number of carbonyl (C=O) groups is 1. The number of carbonyl (C=O) groups excluding carboxylic acids is 1. The van der Waals surface area contributed by atoms with Crippen LogP contribution in [0.5, 0.6) is 0 Å². The van der Waals surface area contributed by atoms with E-state index in [0.29, 0.717) is 0 Å². The molecular weight excluding hydrogens is 237 g/mol. The molecule has 2 atom stereocenters. The highest BCUT2D eigenvalue weighted by Gasteiger charge is 2.40. The molecule has 6 heteroatoms. The average Bonchev–Trinajstić information content (AvgIpc) is 2.54. The van der Waals surface area contributed by atoms with Gasteiger partial charge in [-0.15, -0.1) is 0 Å². The standard InChI is InChI=1S/C12H16FN3O2/c1-12(2,18)6-16-9-4-3-7(13)5-8(9)10(15-16)11(14)17/h3-5,8-9,18H,6H2,1-2H3,(H2,14,17). The second-order valence-electron chi connectivity index (χ2n) is 5.19. The smallest absolute Gasteiger partial charge is 0.265 e. The Morgan fingerprint density at radius 3 is 2.89 bits per heavy atom. The van der Waals surface area contributed by atoms with Gasteiger partial charge in [0.25, 0.3) is 5.91 Å². The summed E-state index contributed by atoms with van der Waals surface area (Å²) in [5, 5.41) is 15.5. The van der Waals surface area contributed by atoms with Crippen molar-refractivity contribution in [2.24, 2.45) is 16.8 Å². The summed E-state index contributed by atoms with van der Waals surface area (Å²) in [5.74, 6) is -1.55. The molecule has 0 radical (unpaired) electrons. The van der Waals surface area contributed by atoms with E-state index in [-0.39, 0.29) is 18.3 Å². The Morgan fingerprint density at radius 2 is 2.33 bits per heavy atom. The minimum absolute atomic E-state index is 0.128. The zero-order valence-corrected chi connectivity index (χ0v) is 10.3. The van der Waals surface area contributed by atoms with E-state index < -0.39 is 23.3 Å². The summed E-state index contributed by atoms with van der Waals surface area (Å²) in [7, 11) is 0. The van der Waals surface area contributed by atoms with Gasteiger partial charge in [-0.2, -0.15) is 5.10 Å². The fourth-order valence-corrected chi connectivity index (χ4v) is 2.18. The van der Waals surface area contributed by atoms with Gasteiger partial charge in [-0.25, -0.2) is 4.39 Å². The molecule has 98 valence electrons. The van der Waals surface area contributed by atoms with Gasteiger partial charge in [-0.3, -0.25) is 9.80 Å². The molecule has 2 rings (SSSR count). The second-order valence-corrected chi connectivity index (χ2v) is 5.19. The van der Waals surface area contributed by atoms with E-state index in [2.05, 4.69) is 5.10 Å². The number of β-amino-alcohol motifs (C(OH)–C–C–N with tert-alkyl or cyclic N) is 1. The number of nitrogens with zero attached hydrogens (tertiary/aromatic N) is 2. The van der Waals surface area contributed by atoms with E-state index in [4.69, 9.17) is 5.73 Å². The van der Waals surface area contributed by atoms with E-state index >= 15 is 0 Å². The molecule has 1 aliphatic carbocycles. The van der Waals surface area contributed by atoms with Gasteiger partial charge in [-0.05, 0) is 26.0 Å². The first-order valence-corrected chi connectivity index (χ1v) is 5.71. The Bertz CT molecular complexity index is 462. The summed E-state index contributed by atoms with van der Waals surface area (Å²) < 4.78 is 13.2. The second kappa shape index (κ2) is 4.20. The lowest BCUT2D eigenvalue weighted by atomic mass is 9.90. The lowest BCUT2D eigenvalue weighted by Crippen LogP contribution is -2.41. The highest BCUT2D eigenvalue weighted by molar-refractivity contribution is 6.40. The van der Waals surface area contributed by atoms with Gasteiger partial charge in [0.2, 0.25) is 0 Å². The average molecular weight is 253 g/mol. The molecule has 0 spiro atoms. The summed E-state index contributed by atoms with van der Waals surface area (Å²) in [6, 6.07) is -0.265. The highest BCUT2D eigenvalue weighted by Crippen LogP contribution is 2.30. The predicted molar refractivity (Wildman–Crippen MR) is 65.2 cm³/mol. The molecule has 0 saturated carbocycles. The van der Waals surface area contributed by atoms with Crippen LogP contribution < -0.4 is 5.73 Å². The maximum Gasteiger partial charge on any atom is 0.265 e. The zero-order valence-electron chi connectivity index (χ0n) is 10.3. The van der Waals surface area contributed by atoms with E-state index in [1.165, 1.54) is 12.2 Å². The third-order valence-electron chi connectivity index (χ3n) is 2.86. The summed E-state index contributed by atoms with van der Waals surface area (Å²) in [6.07, 6.45) is 4.29. The van der Waals surface area contributed by atoms with E-state index in [9.17, 15) is 14.3 Å².